The first-order chi connectivity index (χ1) is 24.5. The molecule has 0 aromatic rings. The second-order valence-corrected chi connectivity index (χ2v) is 17.0. The van der Waals surface area contributed by atoms with E-state index in [0.29, 0.717) is 49.9 Å². The lowest BCUT2D eigenvalue weighted by Crippen LogP contribution is -2.63. The van der Waals surface area contributed by atoms with Crippen molar-refractivity contribution >= 4 is 17.9 Å². The van der Waals surface area contributed by atoms with Gasteiger partial charge < -0.3 is 36.1 Å². The molecule has 4 aliphatic rings. The Morgan fingerprint density at radius 3 is 2.16 bits per heavy atom. The maximum absolute atomic E-state index is 13.1. The highest BCUT2D eigenvalue weighted by Gasteiger charge is 2.67. The molecule has 4 saturated carbocycles. The van der Waals surface area contributed by atoms with Crippen molar-refractivity contribution in [2.45, 2.75) is 162 Å². The van der Waals surface area contributed by atoms with Crippen LogP contribution in [0.4, 0.5) is 0 Å². The Bertz CT molecular complexity index is 1110. The predicted molar refractivity (Wildman–Crippen MR) is 199 cm³/mol. The first-order valence-corrected chi connectivity index (χ1v) is 20.8. The molecule has 10 nitrogen and oxygen atoms in total. The molecule has 4 fully saturated rings. The highest BCUT2D eigenvalue weighted by atomic mass is 16.6. The molecule has 1 unspecified atom stereocenters. The third kappa shape index (κ3) is 10.3. The maximum Gasteiger partial charge on any atom is 0.307 e. The van der Waals surface area contributed by atoms with E-state index in [1.807, 2.05) is 0 Å². The maximum atomic E-state index is 13.1. The lowest BCUT2D eigenvalue weighted by atomic mass is 9.43. The van der Waals surface area contributed by atoms with Gasteiger partial charge in [-0.05, 0) is 106 Å². The summed E-state index contributed by atoms with van der Waals surface area (Å²) in [7, 11) is 0. The smallest absolute Gasteiger partial charge is 0.307 e. The van der Waals surface area contributed by atoms with Crippen molar-refractivity contribution in [2.75, 3.05) is 32.8 Å². The topological polar surface area (TPSA) is 166 Å². The lowest BCUT2D eigenvalue weighted by Gasteiger charge is -2.64. The molecule has 0 saturated heterocycles. The summed E-state index contributed by atoms with van der Waals surface area (Å²) in [5, 5.41) is 0. The minimum Gasteiger partial charge on any atom is -0.466 e. The van der Waals surface area contributed by atoms with E-state index in [4.69, 9.17) is 36.1 Å². The van der Waals surface area contributed by atoms with Crippen LogP contribution in [0.2, 0.25) is 0 Å². The minimum atomic E-state index is -0.232. The predicted octanol–water partition coefficient (Wildman–Crippen LogP) is 6.44. The molecule has 4 aliphatic carbocycles. The number of rotatable bonds is 21. The molecular weight excluding hydrogens is 646 g/mol. The Morgan fingerprint density at radius 1 is 0.745 bits per heavy atom. The van der Waals surface area contributed by atoms with E-state index in [-0.39, 0.29) is 84.8 Å². The summed E-state index contributed by atoms with van der Waals surface area (Å²) >= 11 is 0. The van der Waals surface area contributed by atoms with Crippen molar-refractivity contribution in [3.05, 3.63) is 0 Å². The van der Waals surface area contributed by atoms with Crippen molar-refractivity contribution in [3.63, 3.8) is 0 Å². The molecule has 0 aliphatic heterocycles. The number of esters is 3. The van der Waals surface area contributed by atoms with Gasteiger partial charge >= 0.3 is 17.9 Å². The quantitative estimate of drug-likeness (QED) is 0.0683. The van der Waals surface area contributed by atoms with Crippen LogP contribution in [-0.4, -0.2) is 69.1 Å². The molecule has 0 heterocycles. The van der Waals surface area contributed by atoms with E-state index < -0.39 is 0 Å². The molecule has 0 aromatic carbocycles. The summed E-state index contributed by atoms with van der Waals surface area (Å²) < 4.78 is 24.9. The standard InChI is InChI=1S/C41H73N3O7/c1-5-6-7-8-9-10-23-49-36(45)15-12-28(2)31-13-14-32-39-33(27-35(41(31,32)4)48-24-11-20-42)40(3)19-16-30(50-37(46)17-21-43)25-29(40)26-34(39)51-38(47)18-22-44/h28-35,39H,5-27,42-44H2,1-4H3/t28-,29-,30-,31?,32+,33+,34-,35+,39+,40+,41-/m1/s1. The van der Waals surface area contributed by atoms with E-state index in [0.717, 1.165) is 70.6 Å². The van der Waals surface area contributed by atoms with Crippen LogP contribution in [0.1, 0.15) is 143 Å². The van der Waals surface area contributed by atoms with Gasteiger partial charge in [0.05, 0.1) is 25.6 Å². The van der Waals surface area contributed by atoms with Gasteiger partial charge in [-0.25, -0.2) is 0 Å². The summed E-state index contributed by atoms with van der Waals surface area (Å²) in [6.45, 7) is 11.7. The zero-order chi connectivity index (χ0) is 37.0. The van der Waals surface area contributed by atoms with Gasteiger partial charge in [0.1, 0.15) is 12.2 Å². The second kappa shape index (κ2) is 20.1. The largest absolute Gasteiger partial charge is 0.466 e. The third-order valence-electron chi connectivity index (χ3n) is 14.0. The zero-order valence-corrected chi connectivity index (χ0v) is 32.5. The van der Waals surface area contributed by atoms with Gasteiger partial charge in [0.2, 0.25) is 0 Å². The normalized spacial score (nSPS) is 34.9. The van der Waals surface area contributed by atoms with Crippen LogP contribution in [0.15, 0.2) is 0 Å². The Morgan fingerprint density at radius 2 is 1.45 bits per heavy atom. The molecule has 51 heavy (non-hydrogen) atoms. The van der Waals surface area contributed by atoms with Crippen molar-refractivity contribution in [2.24, 2.45) is 63.5 Å². The van der Waals surface area contributed by atoms with Gasteiger partial charge in [-0.15, -0.1) is 0 Å². The summed E-state index contributed by atoms with van der Waals surface area (Å²) in [4.78, 5) is 38.4. The average molecular weight is 720 g/mol. The van der Waals surface area contributed by atoms with E-state index in [9.17, 15) is 14.4 Å². The van der Waals surface area contributed by atoms with Crippen LogP contribution in [0.5, 0.6) is 0 Å². The zero-order valence-electron chi connectivity index (χ0n) is 32.5. The molecule has 0 spiro atoms. The number of nitrogens with two attached hydrogens (primary N) is 3. The van der Waals surface area contributed by atoms with Gasteiger partial charge in [-0.3, -0.25) is 14.4 Å². The highest BCUT2D eigenvalue weighted by molar-refractivity contribution is 5.70. The third-order valence-corrected chi connectivity index (χ3v) is 14.0. The Hall–Kier alpha value is -1.75. The Labute approximate surface area is 308 Å². The summed E-state index contributed by atoms with van der Waals surface area (Å²) in [6, 6.07) is 0. The molecule has 0 radical (unpaired) electrons. The van der Waals surface area contributed by atoms with Crippen LogP contribution in [0, 0.1) is 46.3 Å². The first kappa shape index (κ1) is 42.0. The molecule has 0 aromatic heterocycles. The number of carbonyl (C=O) groups is 3. The van der Waals surface area contributed by atoms with Crippen LogP contribution in [0.25, 0.3) is 0 Å². The van der Waals surface area contributed by atoms with Gasteiger partial charge in [0.15, 0.2) is 0 Å². The van der Waals surface area contributed by atoms with Gasteiger partial charge in [0.25, 0.3) is 0 Å². The first-order valence-electron chi connectivity index (χ1n) is 20.8. The number of hydrogen-bond acceptors (Lipinski definition) is 10. The summed E-state index contributed by atoms with van der Waals surface area (Å²) in [5.41, 5.74) is 17.3. The molecule has 10 heteroatoms. The van der Waals surface area contributed by atoms with Crippen LogP contribution < -0.4 is 17.2 Å². The number of carbonyl (C=O) groups excluding carboxylic acids is 3. The highest BCUT2D eigenvalue weighted by Crippen LogP contribution is 2.69. The van der Waals surface area contributed by atoms with Crippen molar-refractivity contribution in [3.8, 4) is 0 Å². The monoisotopic (exact) mass is 720 g/mol. The minimum absolute atomic E-state index is 0.0124. The molecule has 294 valence electrons. The molecule has 0 bridgehead atoms. The van der Waals surface area contributed by atoms with Crippen LogP contribution in [0.3, 0.4) is 0 Å². The van der Waals surface area contributed by atoms with Crippen LogP contribution in [-0.2, 0) is 33.3 Å². The lowest BCUT2D eigenvalue weighted by molar-refractivity contribution is -0.226. The van der Waals surface area contributed by atoms with Crippen molar-refractivity contribution < 1.29 is 33.3 Å². The molecule has 11 atom stereocenters. The molecule has 4 rings (SSSR count). The van der Waals surface area contributed by atoms with E-state index in [1.54, 1.807) is 0 Å². The van der Waals surface area contributed by atoms with Crippen LogP contribution >= 0.6 is 0 Å². The summed E-state index contributed by atoms with van der Waals surface area (Å²) in [6.07, 6.45) is 15.5. The Balaban J connectivity index is 1.53. The van der Waals surface area contributed by atoms with E-state index in [1.165, 1.54) is 25.7 Å². The van der Waals surface area contributed by atoms with E-state index in [2.05, 4.69) is 27.7 Å². The summed E-state index contributed by atoms with van der Waals surface area (Å²) in [5.74, 6) is 1.25. The number of fused-ring (bicyclic) bond motifs is 5. The fourth-order valence-corrected chi connectivity index (χ4v) is 11.2. The van der Waals surface area contributed by atoms with Crippen molar-refractivity contribution in [1.29, 1.82) is 0 Å². The Kier molecular flexibility index (Phi) is 16.5. The van der Waals surface area contributed by atoms with Crippen molar-refractivity contribution in [1.82, 2.24) is 0 Å². The second-order valence-electron chi connectivity index (χ2n) is 17.0. The number of ether oxygens (including phenoxy) is 4. The van der Waals surface area contributed by atoms with E-state index >= 15 is 0 Å². The van der Waals surface area contributed by atoms with Gasteiger partial charge in [-0.1, -0.05) is 59.8 Å². The molecular formula is C41H73N3O7. The van der Waals surface area contributed by atoms with Gasteiger partial charge in [-0.2, -0.15) is 0 Å². The SMILES string of the molecule is CCCCCCCCOC(=O)CC[C@@H](C)C1CC[C@H]2[C@@H]3[C@H](OC(=O)CCN)C[C@H]4C[C@H](OC(=O)CCN)CC[C@]4(C)[C@H]3C[C@H](OCCCN)[C@]12C. The average Bonchev–Trinajstić information content (AvgIpc) is 3.45. The number of hydrogen-bond donors (Lipinski definition) is 3. The number of unbranched alkanes of at least 4 members (excludes halogenated alkanes) is 5. The fourth-order valence-electron chi connectivity index (χ4n) is 11.2. The van der Waals surface area contributed by atoms with Gasteiger partial charge in [0, 0.05) is 37.5 Å². The molecule has 6 N–H and O–H groups in total. The fraction of sp³-hybridized carbons (Fsp3) is 0.927. The molecule has 0 amide bonds.